The summed E-state index contributed by atoms with van der Waals surface area (Å²) in [5, 5.41) is 5.35. The largest absolute Gasteiger partial charge is 0.366 e. The summed E-state index contributed by atoms with van der Waals surface area (Å²) in [6.07, 6.45) is 0.795. The van der Waals surface area contributed by atoms with Gasteiger partial charge in [-0.25, -0.2) is 0 Å². The van der Waals surface area contributed by atoms with Crippen molar-refractivity contribution in [1.82, 2.24) is 9.78 Å². The van der Waals surface area contributed by atoms with Crippen LogP contribution in [0.3, 0.4) is 0 Å². The van der Waals surface area contributed by atoms with E-state index >= 15 is 0 Å². The van der Waals surface area contributed by atoms with Gasteiger partial charge in [0.1, 0.15) is 12.0 Å². The Bertz CT molecular complexity index is 836. The summed E-state index contributed by atoms with van der Waals surface area (Å²) in [5.74, 6) is -0.500. The van der Waals surface area contributed by atoms with Gasteiger partial charge in [-0.05, 0) is 12.1 Å². The van der Waals surface area contributed by atoms with Crippen LogP contribution in [0.15, 0.2) is 48.5 Å². The second kappa shape index (κ2) is 5.20. The third-order valence-electron chi connectivity index (χ3n) is 3.35. The van der Waals surface area contributed by atoms with Crippen LogP contribution >= 0.6 is 0 Å². The maximum Gasteiger partial charge on any atom is 0.249 e. The maximum atomic E-state index is 11.6. The van der Waals surface area contributed by atoms with Crippen LogP contribution < -0.4 is 5.73 Å². The zero-order chi connectivity index (χ0) is 14.8. The molecule has 0 atom stereocenters. The van der Waals surface area contributed by atoms with Crippen molar-refractivity contribution < 1.29 is 9.59 Å². The highest BCUT2D eigenvalue weighted by atomic mass is 16.1. The summed E-state index contributed by atoms with van der Waals surface area (Å²) in [5.41, 5.74) is 8.02. The van der Waals surface area contributed by atoms with Crippen LogP contribution in [-0.4, -0.2) is 22.0 Å². The lowest BCUT2D eigenvalue weighted by Gasteiger charge is -2.03. The molecule has 1 amide bonds. The molecule has 0 aliphatic rings. The second-order valence-corrected chi connectivity index (χ2v) is 4.62. The summed E-state index contributed by atoms with van der Waals surface area (Å²) in [6, 6.07) is 14.6. The SMILES string of the molecule is NC(=O)c1ccccc1-c1nn(CC=O)c2ccccc12. The molecule has 2 N–H and O–H groups in total. The predicted octanol–water partition coefficient (Wildman–Crippen LogP) is 2.00. The molecule has 1 heterocycles. The molecule has 104 valence electrons. The van der Waals surface area contributed by atoms with Gasteiger partial charge in [0, 0.05) is 16.5 Å². The smallest absolute Gasteiger partial charge is 0.249 e. The van der Waals surface area contributed by atoms with E-state index in [9.17, 15) is 9.59 Å². The van der Waals surface area contributed by atoms with Gasteiger partial charge in [0.2, 0.25) is 5.91 Å². The molecule has 0 fully saturated rings. The van der Waals surface area contributed by atoms with Crippen LogP contribution in [-0.2, 0) is 11.3 Å². The highest BCUT2D eigenvalue weighted by Gasteiger charge is 2.16. The summed E-state index contributed by atoms with van der Waals surface area (Å²) in [6.45, 7) is 0.166. The summed E-state index contributed by atoms with van der Waals surface area (Å²) < 4.78 is 1.62. The Morgan fingerprint density at radius 1 is 1.14 bits per heavy atom. The Balaban J connectivity index is 2.31. The summed E-state index contributed by atoms with van der Waals surface area (Å²) in [7, 11) is 0. The molecule has 5 heteroatoms. The van der Waals surface area contributed by atoms with Gasteiger partial charge in [0.25, 0.3) is 0 Å². The number of aldehydes is 1. The lowest BCUT2D eigenvalue weighted by Crippen LogP contribution is -2.12. The van der Waals surface area contributed by atoms with Crippen molar-refractivity contribution in [1.29, 1.82) is 0 Å². The zero-order valence-corrected chi connectivity index (χ0v) is 11.2. The molecule has 0 aliphatic carbocycles. The van der Waals surface area contributed by atoms with Crippen LogP contribution in [0.25, 0.3) is 22.2 Å². The molecule has 21 heavy (non-hydrogen) atoms. The Morgan fingerprint density at radius 2 is 1.86 bits per heavy atom. The minimum atomic E-state index is -0.500. The van der Waals surface area contributed by atoms with Crippen LogP contribution in [0.5, 0.6) is 0 Å². The second-order valence-electron chi connectivity index (χ2n) is 4.62. The molecule has 3 aromatic rings. The molecule has 5 nitrogen and oxygen atoms in total. The molecule has 0 saturated carbocycles. The highest BCUT2D eigenvalue weighted by molar-refractivity contribution is 6.04. The molecule has 0 bridgehead atoms. The number of carbonyl (C=O) groups is 2. The average Bonchev–Trinajstić information content (AvgIpc) is 2.87. The first-order chi connectivity index (χ1) is 10.2. The minimum Gasteiger partial charge on any atom is -0.366 e. The van der Waals surface area contributed by atoms with E-state index < -0.39 is 5.91 Å². The van der Waals surface area contributed by atoms with Crippen LogP contribution in [0.1, 0.15) is 10.4 Å². The van der Waals surface area contributed by atoms with Gasteiger partial charge in [0.05, 0.1) is 12.1 Å². The van der Waals surface area contributed by atoms with Crippen LogP contribution in [0.2, 0.25) is 0 Å². The fraction of sp³-hybridized carbons (Fsp3) is 0.0625. The predicted molar refractivity (Wildman–Crippen MR) is 79.8 cm³/mol. The van der Waals surface area contributed by atoms with E-state index in [2.05, 4.69) is 5.10 Å². The number of benzene rings is 2. The first-order valence-corrected chi connectivity index (χ1v) is 6.50. The first kappa shape index (κ1) is 13.1. The Morgan fingerprint density at radius 3 is 2.62 bits per heavy atom. The lowest BCUT2D eigenvalue weighted by atomic mass is 10.0. The third-order valence-corrected chi connectivity index (χ3v) is 3.35. The van der Waals surface area contributed by atoms with Crippen molar-refractivity contribution in [3.05, 3.63) is 54.1 Å². The Labute approximate surface area is 121 Å². The highest BCUT2D eigenvalue weighted by Crippen LogP contribution is 2.30. The molecule has 0 aliphatic heterocycles. The number of fused-ring (bicyclic) bond motifs is 1. The van der Waals surface area contributed by atoms with Gasteiger partial charge in [0.15, 0.2) is 0 Å². The van der Waals surface area contributed by atoms with Crippen LogP contribution in [0.4, 0.5) is 0 Å². The fourth-order valence-corrected chi connectivity index (χ4v) is 2.44. The van der Waals surface area contributed by atoms with Gasteiger partial charge in [-0.1, -0.05) is 36.4 Å². The number of hydrogen-bond acceptors (Lipinski definition) is 3. The fourth-order valence-electron chi connectivity index (χ4n) is 2.44. The van der Waals surface area contributed by atoms with Crippen LogP contribution in [0, 0.1) is 0 Å². The van der Waals surface area contributed by atoms with Gasteiger partial charge in [-0.3, -0.25) is 9.48 Å². The molecular weight excluding hydrogens is 266 g/mol. The van der Waals surface area contributed by atoms with E-state index in [1.54, 1.807) is 22.9 Å². The van der Waals surface area contributed by atoms with E-state index in [-0.39, 0.29) is 6.54 Å². The Hall–Kier alpha value is -2.95. The average molecular weight is 279 g/mol. The van der Waals surface area contributed by atoms with E-state index in [0.29, 0.717) is 16.8 Å². The number of nitrogens with two attached hydrogens (primary N) is 1. The quantitative estimate of drug-likeness (QED) is 0.742. The molecular formula is C16H13N3O2. The lowest BCUT2D eigenvalue weighted by molar-refractivity contribution is -0.108. The summed E-state index contributed by atoms with van der Waals surface area (Å²) >= 11 is 0. The van der Waals surface area contributed by atoms with E-state index in [0.717, 1.165) is 17.2 Å². The van der Waals surface area contributed by atoms with Crippen molar-refractivity contribution in [3.63, 3.8) is 0 Å². The molecule has 0 radical (unpaired) electrons. The molecule has 2 aromatic carbocycles. The molecule has 0 saturated heterocycles. The maximum absolute atomic E-state index is 11.6. The van der Waals surface area contributed by atoms with Crippen molar-refractivity contribution in [2.45, 2.75) is 6.54 Å². The first-order valence-electron chi connectivity index (χ1n) is 6.50. The Kier molecular flexibility index (Phi) is 3.23. The van der Waals surface area contributed by atoms with Gasteiger partial charge >= 0.3 is 0 Å². The van der Waals surface area contributed by atoms with E-state index in [4.69, 9.17) is 5.73 Å². The topological polar surface area (TPSA) is 78.0 Å². The van der Waals surface area contributed by atoms with Crippen molar-refractivity contribution in [2.24, 2.45) is 5.73 Å². The molecule has 0 unspecified atom stereocenters. The van der Waals surface area contributed by atoms with Gasteiger partial charge in [-0.2, -0.15) is 5.10 Å². The normalized spacial score (nSPS) is 10.7. The third kappa shape index (κ3) is 2.18. The number of rotatable bonds is 4. The standard InChI is InChI=1S/C16H13N3O2/c17-16(21)12-6-2-1-5-11(12)15-13-7-3-4-8-14(13)19(18-15)9-10-20/h1-8,10H,9H2,(H2,17,21). The molecule has 3 rings (SSSR count). The van der Waals surface area contributed by atoms with Gasteiger partial charge in [-0.15, -0.1) is 0 Å². The number of para-hydroxylation sites is 1. The molecule has 1 aromatic heterocycles. The number of amides is 1. The number of primary amides is 1. The van der Waals surface area contributed by atoms with Crippen molar-refractivity contribution >= 4 is 23.1 Å². The van der Waals surface area contributed by atoms with E-state index in [1.165, 1.54) is 0 Å². The van der Waals surface area contributed by atoms with Gasteiger partial charge < -0.3 is 10.5 Å². The summed E-state index contributed by atoms with van der Waals surface area (Å²) in [4.78, 5) is 22.4. The van der Waals surface area contributed by atoms with E-state index in [1.807, 2.05) is 30.3 Å². The number of nitrogens with zero attached hydrogens (tertiary/aromatic N) is 2. The molecule has 0 spiro atoms. The number of carbonyl (C=O) groups excluding carboxylic acids is 2. The zero-order valence-electron chi connectivity index (χ0n) is 11.2. The van der Waals surface area contributed by atoms with Crippen molar-refractivity contribution in [3.8, 4) is 11.3 Å². The van der Waals surface area contributed by atoms with Crippen molar-refractivity contribution in [2.75, 3.05) is 0 Å². The minimum absolute atomic E-state index is 0.166. The monoisotopic (exact) mass is 279 g/mol. The number of aromatic nitrogens is 2. The number of hydrogen-bond donors (Lipinski definition) is 1.